The van der Waals surface area contributed by atoms with Gasteiger partial charge in [-0.25, -0.2) is 0 Å². The largest absolute Gasteiger partial charge is 0.323 e. The molecule has 0 aromatic heterocycles. The van der Waals surface area contributed by atoms with Crippen molar-refractivity contribution < 1.29 is 4.79 Å². The summed E-state index contributed by atoms with van der Waals surface area (Å²) in [6, 6.07) is 15.0. The Kier molecular flexibility index (Phi) is 4.37. The maximum Gasteiger partial charge on any atom is 0.248 e. The van der Waals surface area contributed by atoms with Gasteiger partial charge in [-0.2, -0.15) is 0 Å². The van der Waals surface area contributed by atoms with Crippen molar-refractivity contribution in [1.82, 2.24) is 0 Å². The van der Waals surface area contributed by atoms with Crippen molar-refractivity contribution in [1.29, 1.82) is 0 Å². The highest BCUT2D eigenvalue weighted by Crippen LogP contribution is 2.12. The summed E-state index contributed by atoms with van der Waals surface area (Å²) >= 11 is 5.87. The van der Waals surface area contributed by atoms with Crippen LogP contribution >= 0.6 is 11.6 Å². The first-order chi connectivity index (χ1) is 9.13. The van der Waals surface area contributed by atoms with Crippen LogP contribution < -0.4 is 5.32 Å². The second-order valence-corrected chi connectivity index (χ2v) is 4.68. The van der Waals surface area contributed by atoms with Crippen molar-refractivity contribution in [3.8, 4) is 0 Å². The molecule has 2 rings (SSSR count). The van der Waals surface area contributed by atoms with Crippen LogP contribution in [-0.2, 0) is 4.79 Å². The summed E-state index contributed by atoms with van der Waals surface area (Å²) in [6.45, 7) is 1.98. The average molecular weight is 272 g/mol. The van der Waals surface area contributed by atoms with Crippen LogP contribution in [0.3, 0.4) is 0 Å². The Labute approximate surface area is 117 Å². The molecule has 2 aromatic carbocycles. The van der Waals surface area contributed by atoms with Gasteiger partial charge in [-0.3, -0.25) is 4.79 Å². The number of rotatable bonds is 3. The third kappa shape index (κ3) is 4.27. The summed E-state index contributed by atoms with van der Waals surface area (Å²) in [4.78, 5) is 11.8. The summed E-state index contributed by atoms with van der Waals surface area (Å²) < 4.78 is 0. The van der Waals surface area contributed by atoms with Crippen LogP contribution in [0.2, 0.25) is 5.02 Å². The summed E-state index contributed by atoms with van der Waals surface area (Å²) in [6.07, 6.45) is 3.23. The molecule has 0 saturated carbocycles. The molecule has 0 spiro atoms. The van der Waals surface area contributed by atoms with Gasteiger partial charge >= 0.3 is 0 Å². The second-order valence-electron chi connectivity index (χ2n) is 4.25. The quantitative estimate of drug-likeness (QED) is 0.829. The fourth-order valence-electron chi connectivity index (χ4n) is 1.69. The highest BCUT2D eigenvalue weighted by Gasteiger charge is 1.98. The zero-order valence-corrected chi connectivity index (χ0v) is 11.3. The number of carbonyl (C=O) groups is 1. The topological polar surface area (TPSA) is 29.1 Å². The molecular formula is C16H14ClNO. The molecule has 0 bridgehead atoms. The van der Waals surface area contributed by atoms with E-state index in [9.17, 15) is 4.79 Å². The van der Waals surface area contributed by atoms with E-state index in [2.05, 4.69) is 5.32 Å². The van der Waals surface area contributed by atoms with Crippen LogP contribution in [-0.4, -0.2) is 5.91 Å². The average Bonchev–Trinajstić information content (AvgIpc) is 2.36. The predicted molar refractivity (Wildman–Crippen MR) is 80.3 cm³/mol. The van der Waals surface area contributed by atoms with Gasteiger partial charge in [-0.1, -0.05) is 35.9 Å². The zero-order chi connectivity index (χ0) is 13.7. The van der Waals surface area contributed by atoms with Gasteiger partial charge in [0.25, 0.3) is 0 Å². The molecule has 1 N–H and O–H groups in total. The lowest BCUT2D eigenvalue weighted by Gasteiger charge is -2.02. The van der Waals surface area contributed by atoms with Gasteiger partial charge in [0.15, 0.2) is 0 Å². The zero-order valence-electron chi connectivity index (χ0n) is 10.6. The number of amides is 1. The van der Waals surface area contributed by atoms with Gasteiger partial charge in [0, 0.05) is 16.8 Å². The fourth-order valence-corrected chi connectivity index (χ4v) is 1.89. The van der Waals surface area contributed by atoms with Crippen molar-refractivity contribution in [2.24, 2.45) is 0 Å². The Hall–Kier alpha value is -2.06. The van der Waals surface area contributed by atoms with E-state index in [-0.39, 0.29) is 5.91 Å². The molecule has 0 aliphatic heterocycles. The van der Waals surface area contributed by atoms with Crippen molar-refractivity contribution in [3.05, 3.63) is 70.8 Å². The number of hydrogen-bond acceptors (Lipinski definition) is 1. The van der Waals surface area contributed by atoms with Gasteiger partial charge in [-0.15, -0.1) is 0 Å². The lowest BCUT2D eigenvalue weighted by atomic mass is 10.2. The van der Waals surface area contributed by atoms with E-state index in [1.807, 2.05) is 43.3 Å². The first kappa shape index (κ1) is 13.4. The Morgan fingerprint density at radius 2 is 1.95 bits per heavy atom. The Bertz CT molecular complexity index is 620. The van der Waals surface area contributed by atoms with Crippen molar-refractivity contribution in [2.45, 2.75) is 6.92 Å². The maximum absolute atomic E-state index is 11.8. The molecule has 0 heterocycles. The number of anilines is 1. The van der Waals surface area contributed by atoms with Crippen LogP contribution in [0.1, 0.15) is 11.1 Å². The summed E-state index contributed by atoms with van der Waals surface area (Å²) in [5.74, 6) is -0.162. The lowest BCUT2D eigenvalue weighted by Crippen LogP contribution is -2.07. The molecule has 0 saturated heterocycles. The number of aryl methyl sites for hydroxylation is 1. The first-order valence-corrected chi connectivity index (χ1v) is 6.32. The van der Waals surface area contributed by atoms with Gasteiger partial charge in [-0.05, 0) is 48.4 Å². The monoisotopic (exact) mass is 271 g/mol. The minimum atomic E-state index is -0.162. The van der Waals surface area contributed by atoms with E-state index in [1.54, 1.807) is 18.2 Å². The van der Waals surface area contributed by atoms with E-state index in [1.165, 1.54) is 6.08 Å². The van der Waals surface area contributed by atoms with Gasteiger partial charge in [0.05, 0.1) is 0 Å². The number of benzene rings is 2. The molecule has 0 fully saturated rings. The van der Waals surface area contributed by atoms with Crippen LogP contribution in [0.5, 0.6) is 0 Å². The molecule has 0 aliphatic carbocycles. The standard InChI is InChI=1S/C16H14ClNO/c1-12-4-2-7-15(10-12)18-16(19)9-8-13-5-3-6-14(17)11-13/h2-11H,1H3,(H,18,19)/b9-8+. The number of nitrogens with one attached hydrogen (secondary N) is 1. The van der Waals surface area contributed by atoms with Crippen molar-refractivity contribution in [2.75, 3.05) is 5.32 Å². The van der Waals surface area contributed by atoms with Gasteiger partial charge in [0.1, 0.15) is 0 Å². The fraction of sp³-hybridized carbons (Fsp3) is 0.0625. The van der Waals surface area contributed by atoms with Crippen LogP contribution in [0, 0.1) is 6.92 Å². The molecule has 19 heavy (non-hydrogen) atoms. The van der Waals surface area contributed by atoms with Crippen molar-refractivity contribution in [3.63, 3.8) is 0 Å². The van der Waals surface area contributed by atoms with Crippen LogP contribution in [0.15, 0.2) is 54.6 Å². The molecular weight excluding hydrogens is 258 g/mol. The smallest absolute Gasteiger partial charge is 0.248 e. The normalized spacial score (nSPS) is 10.6. The molecule has 0 aliphatic rings. The predicted octanol–water partition coefficient (Wildman–Crippen LogP) is 4.30. The maximum atomic E-state index is 11.8. The molecule has 0 radical (unpaired) electrons. The lowest BCUT2D eigenvalue weighted by molar-refractivity contribution is -0.111. The Balaban J connectivity index is 2.01. The third-order valence-electron chi connectivity index (χ3n) is 2.56. The van der Waals surface area contributed by atoms with Gasteiger partial charge < -0.3 is 5.32 Å². The minimum absolute atomic E-state index is 0.162. The van der Waals surface area contributed by atoms with Crippen LogP contribution in [0.4, 0.5) is 5.69 Å². The molecule has 2 nitrogen and oxygen atoms in total. The third-order valence-corrected chi connectivity index (χ3v) is 2.80. The second kappa shape index (κ2) is 6.21. The Morgan fingerprint density at radius 3 is 2.68 bits per heavy atom. The first-order valence-electron chi connectivity index (χ1n) is 5.95. The summed E-state index contributed by atoms with van der Waals surface area (Å²) in [5.41, 5.74) is 2.80. The Morgan fingerprint density at radius 1 is 1.16 bits per heavy atom. The van der Waals surface area contributed by atoms with E-state index in [0.717, 1.165) is 16.8 Å². The van der Waals surface area contributed by atoms with E-state index < -0.39 is 0 Å². The minimum Gasteiger partial charge on any atom is -0.323 e. The van der Waals surface area contributed by atoms with E-state index in [4.69, 9.17) is 11.6 Å². The van der Waals surface area contributed by atoms with E-state index in [0.29, 0.717) is 5.02 Å². The van der Waals surface area contributed by atoms with E-state index >= 15 is 0 Å². The number of halogens is 1. The highest BCUT2D eigenvalue weighted by atomic mass is 35.5. The molecule has 3 heteroatoms. The van der Waals surface area contributed by atoms with Crippen molar-refractivity contribution >= 4 is 29.3 Å². The molecule has 0 atom stereocenters. The summed E-state index contributed by atoms with van der Waals surface area (Å²) in [7, 11) is 0. The van der Waals surface area contributed by atoms with Gasteiger partial charge in [0.2, 0.25) is 5.91 Å². The molecule has 2 aromatic rings. The number of carbonyl (C=O) groups excluding carboxylic acids is 1. The molecule has 96 valence electrons. The molecule has 0 unspecified atom stereocenters. The summed E-state index contributed by atoms with van der Waals surface area (Å²) in [5, 5.41) is 3.46. The highest BCUT2D eigenvalue weighted by molar-refractivity contribution is 6.30. The number of hydrogen-bond donors (Lipinski definition) is 1. The van der Waals surface area contributed by atoms with Crippen LogP contribution in [0.25, 0.3) is 6.08 Å². The molecule has 1 amide bonds. The SMILES string of the molecule is Cc1cccc(NC(=O)/C=C/c2cccc(Cl)c2)c1.